The molecule has 0 saturated heterocycles. The van der Waals surface area contributed by atoms with Crippen LogP contribution in [0.4, 0.5) is 0 Å². The van der Waals surface area contributed by atoms with Crippen molar-refractivity contribution >= 4 is 30.6 Å². The van der Waals surface area contributed by atoms with E-state index in [4.69, 9.17) is 31.9 Å². The zero-order valence-electron chi connectivity index (χ0n) is 8.17. The topological polar surface area (TPSA) is 18.5 Å². The summed E-state index contributed by atoms with van der Waals surface area (Å²) in [6, 6.07) is 0. The summed E-state index contributed by atoms with van der Waals surface area (Å²) >= 11 is 11.8. The third-order valence-electron chi connectivity index (χ3n) is 1.53. The molecule has 14 heavy (non-hydrogen) atoms. The first-order chi connectivity index (χ1) is 6.59. The molecule has 0 aromatic rings. The Morgan fingerprint density at radius 1 is 1.50 bits per heavy atom. The van der Waals surface area contributed by atoms with E-state index in [9.17, 15) is 0 Å². The van der Waals surface area contributed by atoms with Crippen LogP contribution in [0.1, 0.15) is 26.7 Å². The van der Waals surface area contributed by atoms with Crippen molar-refractivity contribution in [2.45, 2.75) is 32.8 Å². The number of hydrogen-bond acceptors (Lipinski definition) is 2. The molecule has 1 aliphatic carbocycles. The zero-order chi connectivity index (χ0) is 10.6. The van der Waals surface area contributed by atoms with Crippen molar-refractivity contribution in [2.24, 2.45) is 0 Å². The van der Waals surface area contributed by atoms with Crippen LogP contribution in [0.3, 0.4) is 0 Å². The SMILES string of the molecule is CC(C)OP(Cl)OC1=C(Cl)CCC=C1. The van der Waals surface area contributed by atoms with E-state index in [1.54, 1.807) is 0 Å². The Morgan fingerprint density at radius 2 is 2.21 bits per heavy atom. The van der Waals surface area contributed by atoms with Crippen LogP contribution < -0.4 is 0 Å². The predicted molar refractivity (Wildman–Crippen MR) is 61.3 cm³/mol. The molecule has 0 aliphatic heterocycles. The van der Waals surface area contributed by atoms with Crippen LogP contribution in [-0.2, 0) is 9.05 Å². The van der Waals surface area contributed by atoms with Gasteiger partial charge in [-0.3, -0.25) is 0 Å². The Bertz CT molecular complexity index is 251. The maximum atomic E-state index is 5.96. The molecule has 80 valence electrons. The molecule has 5 heteroatoms. The molecule has 1 unspecified atom stereocenters. The van der Waals surface area contributed by atoms with Gasteiger partial charge < -0.3 is 9.05 Å². The monoisotopic (exact) mass is 254 g/mol. The van der Waals surface area contributed by atoms with Crippen molar-refractivity contribution in [3.05, 3.63) is 22.9 Å². The number of hydrogen-bond donors (Lipinski definition) is 0. The van der Waals surface area contributed by atoms with Crippen LogP contribution in [0.5, 0.6) is 0 Å². The van der Waals surface area contributed by atoms with Crippen molar-refractivity contribution in [3.63, 3.8) is 0 Å². The van der Waals surface area contributed by atoms with Gasteiger partial charge in [-0.25, -0.2) is 0 Å². The van der Waals surface area contributed by atoms with Gasteiger partial charge in [0.1, 0.15) is 5.76 Å². The molecule has 1 atom stereocenters. The minimum absolute atomic E-state index is 0.0607. The first kappa shape index (κ1) is 12.3. The second kappa shape index (κ2) is 5.97. The maximum absolute atomic E-state index is 5.96. The van der Waals surface area contributed by atoms with Crippen molar-refractivity contribution in [2.75, 3.05) is 0 Å². The molecule has 2 nitrogen and oxygen atoms in total. The lowest BCUT2D eigenvalue weighted by atomic mass is 10.2. The highest BCUT2D eigenvalue weighted by Gasteiger charge is 2.15. The van der Waals surface area contributed by atoms with Crippen LogP contribution in [-0.4, -0.2) is 6.10 Å². The first-order valence-corrected chi connectivity index (χ1v) is 6.91. The fourth-order valence-electron chi connectivity index (χ4n) is 0.959. The summed E-state index contributed by atoms with van der Waals surface area (Å²) in [7, 11) is -1.39. The Hall–Kier alpha value is 0.250. The van der Waals surface area contributed by atoms with Crippen molar-refractivity contribution in [1.82, 2.24) is 0 Å². The Balaban J connectivity index is 2.47. The van der Waals surface area contributed by atoms with Crippen LogP contribution in [0.2, 0.25) is 0 Å². The van der Waals surface area contributed by atoms with Gasteiger partial charge in [-0.05, 0) is 44.0 Å². The largest absolute Gasteiger partial charge is 0.435 e. The summed E-state index contributed by atoms with van der Waals surface area (Å²) in [6.07, 6.45) is 5.68. The molecule has 0 aromatic heterocycles. The summed E-state index contributed by atoms with van der Waals surface area (Å²) < 4.78 is 10.7. The van der Waals surface area contributed by atoms with E-state index in [1.165, 1.54) is 0 Å². The normalized spacial score (nSPS) is 18.9. The van der Waals surface area contributed by atoms with Crippen molar-refractivity contribution < 1.29 is 9.05 Å². The van der Waals surface area contributed by atoms with Crippen LogP contribution in [0.15, 0.2) is 22.9 Å². The molecule has 0 spiro atoms. The van der Waals surface area contributed by atoms with Crippen LogP contribution in [0, 0.1) is 0 Å². The molecule has 0 N–H and O–H groups in total. The minimum Gasteiger partial charge on any atom is -0.435 e. The van der Waals surface area contributed by atoms with Gasteiger partial charge in [-0.15, -0.1) is 0 Å². The minimum atomic E-state index is -1.39. The van der Waals surface area contributed by atoms with Crippen molar-refractivity contribution in [3.8, 4) is 0 Å². The number of rotatable bonds is 4. The predicted octanol–water partition coefficient (Wildman–Crippen LogP) is 4.69. The van der Waals surface area contributed by atoms with E-state index in [2.05, 4.69) is 0 Å². The van der Waals surface area contributed by atoms with E-state index in [-0.39, 0.29) is 6.10 Å². The molecule has 0 aromatic carbocycles. The maximum Gasteiger partial charge on any atom is 0.338 e. The van der Waals surface area contributed by atoms with Gasteiger partial charge in [-0.1, -0.05) is 17.7 Å². The second-order valence-electron chi connectivity index (χ2n) is 3.17. The summed E-state index contributed by atoms with van der Waals surface area (Å²) in [4.78, 5) is 0. The molecule has 0 amide bonds. The fourth-order valence-corrected chi connectivity index (χ4v) is 2.62. The van der Waals surface area contributed by atoms with Gasteiger partial charge in [0, 0.05) is 0 Å². The molecule has 0 radical (unpaired) electrons. The molecule has 1 rings (SSSR count). The van der Waals surface area contributed by atoms with E-state index < -0.39 is 7.73 Å². The standard InChI is InChI=1S/C9H13Cl2O2P/c1-7(2)12-14(11)13-9-6-4-3-5-8(9)10/h4,6-7H,3,5H2,1-2H3. The van der Waals surface area contributed by atoms with Crippen molar-refractivity contribution in [1.29, 1.82) is 0 Å². The van der Waals surface area contributed by atoms with E-state index in [0.717, 1.165) is 12.8 Å². The van der Waals surface area contributed by atoms with Crippen LogP contribution in [0.25, 0.3) is 0 Å². The number of halogens is 2. The Labute approximate surface area is 95.6 Å². The average molecular weight is 255 g/mol. The Morgan fingerprint density at radius 3 is 2.79 bits per heavy atom. The smallest absolute Gasteiger partial charge is 0.338 e. The average Bonchev–Trinajstić information content (AvgIpc) is 2.07. The van der Waals surface area contributed by atoms with Gasteiger partial charge in [-0.2, -0.15) is 0 Å². The highest BCUT2D eigenvalue weighted by Crippen LogP contribution is 2.48. The summed E-state index contributed by atoms with van der Waals surface area (Å²) in [5.74, 6) is 0.639. The van der Waals surface area contributed by atoms with Gasteiger partial charge in [0.2, 0.25) is 0 Å². The third kappa shape index (κ3) is 4.18. The molecular weight excluding hydrogens is 242 g/mol. The zero-order valence-corrected chi connectivity index (χ0v) is 10.6. The molecule has 0 saturated carbocycles. The fraction of sp³-hybridized carbons (Fsp3) is 0.556. The third-order valence-corrected chi connectivity index (χ3v) is 3.28. The summed E-state index contributed by atoms with van der Waals surface area (Å²) in [5.41, 5.74) is 0. The summed E-state index contributed by atoms with van der Waals surface area (Å²) in [6.45, 7) is 3.82. The number of allylic oxidation sites excluding steroid dienone is 3. The quantitative estimate of drug-likeness (QED) is 0.678. The highest BCUT2D eigenvalue weighted by molar-refractivity contribution is 7.76. The first-order valence-electron chi connectivity index (χ1n) is 4.45. The van der Waals surface area contributed by atoms with E-state index in [1.807, 2.05) is 26.0 Å². The molecular formula is C9H13Cl2O2P. The van der Waals surface area contributed by atoms with Gasteiger partial charge >= 0.3 is 7.73 Å². The van der Waals surface area contributed by atoms with E-state index >= 15 is 0 Å². The summed E-state index contributed by atoms with van der Waals surface area (Å²) in [5, 5.41) is 0.716. The highest BCUT2D eigenvalue weighted by atomic mass is 35.7. The molecule has 1 aliphatic rings. The lowest BCUT2D eigenvalue weighted by Gasteiger charge is -2.17. The Kier molecular flexibility index (Phi) is 5.25. The second-order valence-corrected chi connectivity index (χ2v) is 5.27. The molecule has 0 heterocycles. The van der Waals surface area contributed by atoms with E-state index in [0.29, 0.717) is 10.8 Å². The molecule has 0 bridgehead atoms. The molecule has 0 fully saturated rings. The van der Waals surface area contributed by atoms with Gasteiger partial charge in [0.05, 0.1) is 11.1 Å². The van der Waals surface area contributed by atoms with Gasteiger partial charge in [0.25, 0.3) is 0 Å². The van der Waals surface area contributed by atoms with Gasteiger partial charge in [0.15, 0.2) is 0 Å². The lowest BCUT2D eigenvalue weighted by Crippen LogP contribution is -1.98. The van der Waals surface area contributed by atoms with Crippen LogP contribution >= 0.6 is 30.6 Å². The lowest BCUT2D eigenvalue weighted by molar-refractivity contribution is 0.239.